The number of pyridine rings is 2. The Kier molecular flexibility index (Phi) is 16.2. The number of aromatic nitrogens is 2. The topological polar surface area (TPSA) is 175 Å². The maximum atomic E-state index is 9.12. The maximum absolute atomic E-state index is 9.12. The normalized spacial score (nSPS) is 8.15. The minimum atomic E-state index is -1.50. The molecule has 146 valence electrons. The molecule has 0 fully saturated rings. The van der Waals surface area contributed by atoms with Crippen LogP contribution in [0, 0.1) is 47.9 Å². The van der Waals surface area contributed by atoms with Gasteiger partial charge in [-0.3, -0.25) is 10.4 Å². The van der Waals surface area contributed by atoms with Gasteiger partial charge in [0.1, 0.15) is 0 Å². The van der Waals surface area contributed by atoms with Crippen LogP contribution in [-0.2, 0) is 19.5 Å². The average Bonchev–Trinajstić information content (AvgIpc) is 2.50. The third-order valence-electron chi connectivity index (χ3n) is 2.69. The van der Waals surface area contributed by atoms with Crippen LogP contribution in [0.2, 0.25) is 0 Å². The summed E-state index contributed by atoms with van der Waals surface area (Å²) in [5.74, 6) is 0. The van der Waals surface area contributed by atoms with Gasteiger partial charge < -0.3 is 10.4 Å². The monoisotopic (exact) mass is 438 g/mol. The summed E-state index contributed by atoms with van der Waals surface area (Å²) in [6.45, 7) is 7.42. The molecule has 13 heteroatoms. The second-order valence-electron chi connectivity index (χ2n) is 4.72. The molecule has 12 nitrogen and oxygen atoms in total. The first kappa shape index (κ1) is 28.7. The van der Waals surface area contributed by atoms with Gasteiger partial charge in [-0.1, -0.05) is 0 Å². The summed E-state index contributed by atoms with van der Waals surface area (Å²) in [7, 11) is 0. The molecule has 0 saturated heterocycles. The molecule has 0 unspecified atom stereocenters. The number of nitrogens with zero attached hydrogens (tertiary/aromatic N) is 4. The van der Waals surface area contributed by atoms with Gasteiger partial charge in [-0.05, 0) is 12.1 Å². The third-order valence-corrected chi connectivity index (χ3v) is 2.69. The zero-order valence-electron chi connectivity index (χ0n) is 15.4. The molecule has 27 heavy (non-hydrogen) atoms. The van der Waals surface area contributed by atoms with Crippen molar-refractivity contribution in [3.05, 3.63) is 79.4 Å². The third kappa shape index (κ3) is 16.2. The molecule has 0 bridgehead atoms. The van der Waals surface area contributed by atoms with Crippen LogP contribution in [0.1, 0.15) is 22.8 Å². The minimum Gasteiger partial charge on any atom is -0.328 e. The molecule has 2 heterocycles. The molecule has 0 aliphatic heterocycles. The van der Waals surface area contributed by atoms with E-state index in [0.29, 0.717) is 0 Å². The van der Waals surface area contributed by atoms with Crippen molar-refractivity contribution >= 4 is 0 Å². The molecule has 0 saturated carbocycles. The fraction of sp³-hybridized carbons (Fsp3) is 0.286. The Morgan fingerprint density at radius 1 is 0.704 bits per heavy atom. The minimum absolute atomic E-state index is 0. The van der Waals surface area contributed by atoms with Crippen molar-refractivity contribution in [3.8, 4) is 0 Å². The van der Waals surface area contributed by atoms with E-state index in [4.69, 9.17) is 41.1 Å². The van der Waals surface area contributed by atoms with Crippen molar-refractivity contribution in [3.63, 3.8) is 0 Å². The smallest absolute Gasteiger partial charge is 0.291 e. The zero-order valence-corrected chi connectivity index (χ0v) is 18.3. The number of aryl methyl sites for hydroxylation is 4. The Balaban J connectivity index is -0.000000303. The molecule has 0 aliphatic carbocycles. The van der Waals surface area contributed by atoms with E-state index in [2.05, 4.69) is 0 Å². The van der Waals surface area contributed by atoms with Gasteiger partial charge in [0.25, 0.3) is 10.2 Å². The van der Waals surface area contributed by atoms with Crippen LogP contribution in [0.25, 0.3) is 0 Å². The average molecular weight is 440 g/mol. The number of hydrogen-bond donors (Lipinski definition) is 4. The Bertz CT molecular complexity index is 620. The van der Waals surface area contributed by atoms with Gasteiger partial charge in [-0.25, -0.2) is 0 Å². The Labute approximate surface area is 167 Å². The quantitative estimate of drug-likeness (QED) is 0.154. The van der Waals surface area contributed by atoms with E-state index in [9.17, 15) is 0 Å². The molecule has 0 aliphatic rings. The van der Waals surface area contributed by atoms with E-state index in [-0.39, 0.29) is 19.5 Å². The van der Waals surface area contributed by atoms with Gasteiger partial charge in [0, 0.05) is 80.9 Å². The molecule has 2 aromatic heterocycles. The first-order valence-electron chi connectivity index (χ1n) is 6.91. The van der Waals surface area contributed by atoms with Crippen molar-refractivity contribution in [1.29, 1.82) is 0 Å². The molecular formula is C14H22N4O8Zn+2. The summed E-state index contributed by atoms with van der Waals surface area (Å²) in [4.78, 5) is 16.7. The van der Waals surface area contributed by atoms with Crippen molar-refractivity contribution in [1.82, 2.24) is 0 Å². The molecule has 0 spiro atoms. The van der Waals surface area contributed by atoms with E-state index in [1.54, 1.807) is 0 Å². The molecule has 2 aromatic rings. The van der Waals surface area contributed by atoms with Crippen LogP contribution in [0.4, 0.5) is 0 Å². The predicted molar refractivity (Wildman–Crippen MR) is 84.2 cm³/mol. The molecule has 0 amide bonds. The number of hydrogen-bond acceptors (Lipinski definition) is 6. The van der Waals surface area contributed by atoms with Crippen molar-refractivity contribution in [2.75, 3.05) is 0 Å². The van der Waals surface area contributed by atoms with Crippen LogP contribution in [-0.4, -0.2) is 31.0 Å². The number of rotatable bonds is 0. The summed E-state index contributed by atoms with van der Waals surface area (Å²) < 4.78 is 2.33. The zero-order chi connectivity index (χ0) is 20.9. The van der Waals surface area contributed by atoms with Crippen molar-refractivity contribution in [2.24, 2.45) is 0 Å². The van der Waals surface area contributed by atoms with Gasteiger partial charge >= 0.3 is 0 Å². The molecular weight excluding hydrogens is 418 g/mol. The first-order valence-corrected chi connectivity index (χ1v) is 6.91. The van der Waals surface area contributed by atoms with Crippen molar-refractivity contribution in [2.45, 2.75) is 27.7 Å². The standard InChI is InChI=1S/2C7H10NO.2HNO3.Zn/c2*1-6-4-3-5-7(2)8(6)9;2*2-1(3)4;/h2*3-5,9H,1-2H3;2*(H,2,3,4);/q2*+1;;;. The van der Waals surface area contributed by atoms with Gasteiger partial charge in [0.05, 0.1) is 0 Å². The molecule has 0 radical (unpaired) electrons. The van der Waals surface area contributed by atoms with E-state index >= 15 is 0 Å². The maximum Gasteiger partial charge on any atom is 0.291 e. The SMILES string of the molecule is Cc1cccc(C)[n+]1O.Cc1cccc(C)[n+]1O.O=[N+]([O-])O.O=[N+]([O-])O.[Zn]. The van der Waals surface area contributed by atoms with E-state index in [1.165, 1.54) is 9.46 Å². The second-order valence-corrected chi connectivity index (χ2v) is 4.72. The second kappa shape index (κ2) is 15.2. The van der Waals surface area contributed by atoms with E-state index in [0.717, 1.165) is 22.8 Å². The van der Waals surface area contributed by atoms with Crippen LogP contribution < -0.4 is 9.46 Å². The van der Waals surface area contributed by atoms with Gasteiger partial charge in [0.15, 0.2) is 0 Å². The van der Waals surface area contributed by atoms with Gasteiger partial charge in [-0.15, -0.1) is 20.2 Å². The van der Waals surface area contributed by atoms with Crippen LogP contribution >= 0.6 is 0 Å². The molecule has 4 N–H and O–H groups in total. The largest absolute Gasteiger partial charge is 0.328 e. The van der Waals surface area contributed by atoms with Gasteiger partial charge in [0.2, 0.25) is 22.8 Å². The summed E-state index contributed by atoms with van der Waals surface area (Å²) in [6.07, 6.45) is 0. The van der Waals surface area contributed by atoms with Crippen LogP contribution in [0.5, 0.6) is 0 Å². The Hall–Kier alpha value is -3.08. The summed E-state index contributed by atoms with van der Waals surface area (Å²) in [5, 5.41) is 45.5. The fourth-order valence-corrected chi connectivity index (χ4v) is 1.49. The summed E-state index contributed by atoms with van der Waals surface area (Å²) >= 11 is 0. The fourth-order valence-electron chi connectivity index (χ4n) is 1.49. The first-order chi connectivity index (χ1) is 11.9. The molecule has 0 aromatic carbocycles. The summed E-state index contributed by atoms with van der Waals surface area (Å²) in [5.41, 5.74) is 3.43. The molecule has 2 rings (SSSR count). The van der Waals surface area contributed by atoms with Gasteiger partial charge in [-0.2, -0.15) is 0 Å². The predicted octanol–water partition coefficient (Wildman–Crippen LogP) is 0.959. The Morgan fingerprint density at radius 2 is 0.852 bits per heavy atom. The Morgan fingerprint density at radius 3 is 0.963 bits per heavy atom. The van der Waals surface area contributed by atoms with Crippen LogP contribution in [0.15, 0.2) is 36.4 Å². The van der Waals surface area contributed by atoms with Crippen LogP contribution in [0.3, 0.4) is 0 Å². The summed E-state index contributed by atoms with van der Waals surface area (Å²) in [6, 6.07) is 11.2. The molecule has 0 atom stereocenters. The van der Waals surface area contributed by atoms with E-state index < -0.39 is 10.2 Å². The van der Waals surface area contributed by atoms with Crippen molar-refractivity contribution < 1.29 is 59.9 Å². The van der Waals surface area contributed by atoms with E-state index in [1.807, 2.05) is 64.1 Å².